The van der Waals surface area contributed by atoms with Gasteiger partial charge in [-0.3, -0.25) is 4.79 Å². The van der Waals surface area contributed by atoms with Gasteiger partial charge in [0.2, 0.25) is 0 Å². The van der Waals surface area contributed by atoms with E-state index in [0.29, 0.717) is 22.2 Å². The van der Waals surface area contributed by atoms with Crippen LogP contribution in [0.3, 0.4) is 0 Å². The fourth-order valence-corrected chi connectivity index (χ4v) is 2.44. The Morgan fingerprint density at radius 2 is 1.94 bits per heavy atom. The highest BCUT2D eigenvalue weighted by Gasteiger charge is 2.15. The third-order valence-corrected chi connectivity index (χ3v) is 3.62. The van der Waals surface area contributed by atoms with Crippen LogP contribution in [0.5, 0.6) is 0 Å². The van der Waals surface area contributed by atoms with Crippen LogP contribution in [0.4, 0.5) is 0 Å². The number of ether oxygens (including phenoxy) is 1. The number of halogens is 2. The van der Waals surface area contributed by atoms with Crippen LogP contribution in [0, 0.1) is 0 Å². The molecule has 1 rings (SSSR count). The number of thioether (sulfide) groups is 1. The first-order valence-electron chi connectivity index (χ1n) is 5.57. The monoisotopic (exact) mass is 306 g/mol. The van der Waals surface area contributed by atoms with E-state index in [0.717, 1.165) is 4.90 Å². The van der Waals surface area contributed by atoms with E-state index in [1.807, 2.05) is 26.8 Å². The van der Waals surface area contributed by atoms with Gasteiger partial charge in [0.05, 0.1) is 16.5 Å². The van der Waals surface area contributed by atoms with Crippen LogP contribution < -0.4 is 0 Å². The Bertz CT molecular complexity index is 427. The Hall–Kier alpha value is -0.380. The molecule has 0 saturated heterocycles. The maximum atomic E-state index is 11.5. The van der Waals surface area contributed by atoms with Crippen LogP contribution in [0.25, 0.3) is 0 Å². The van der Waals surface area contributed by atoms with E-state index in [-0.39, 0.29) is 5.97 Å². The van der Waals surface area contributed by atoms with Gasteiger partial charge in [-0.25, -0.2) is 0 Å². The molecule has 18 heavy (non-hydrogen) atoms. The van der Waals surface area contributed by atoms with Crippen molar-refractivity contribution in [3.05, 3.63) is 28.2 Å². The predicted octanol–water partition coefficient (Wildman–Crippen LogP) is 4.82. The zero-order chi connectivity index (χ0) is 13.8. The molecule has 2 nitrogen and oxygen atoms in total. The zero-order valence-electron chi connectivity index (χ0n) is 10.6. The van der Waals surface area contributed by atoms with Crippen molar-refractivity contribution in [2.24, 2.45) is 0 Å². The van der Waals surface area contributed by atoms with Gasteiger partial charge in [0.15, 0.2) is 0 Å². The Morgan fingerprint density at radius 3 is 2.50 bits per heavy atom. The van der Waals surface area contributed by atoms with Crippen molar-refractivity contribution in [1.29, 1.82) is 0 Å². The van der Waals surface area contributed by atoms with Gasteiger partial charge in [-0.15, -0.1) is 11.8 Å². The first-order chi connectivity index (χ1) is 8.28. The topological polar surface area (TPSA) is 26.3 Å². The molecule has 0 aliphatic heterocycles. The molecule has 5 heteroatoms. The molecule has 0 aromatic heterocycles. The third-order valence-electron chi connectivity index (χ3n) is 1.89. The summed E-state index contributed by atoms with van der Waals surface area (Å²) in [6, 6.07) is 5.43. The van der Waals surface area contributed by atoms with E-state index in [9.17, 15) is 4.79 Å². The highest BCUT2D eigenvalue weighted by atomic mass is 35.5. The fourth-order valence-electron chi connectivity index (χ4n) is 1.21. The van der Waals surface area contributed by atoms with Crippen molar-refractivity contribution >= 4 is 40.9 Å². The number of esters is 1. The van der Waals surface area contributed by atoms with Gasteiger partial charge >= 0.3 is 5.97 Å². The molecule has 0 heterocycles. The summed E-state index contributed by atoms with van der Waals surface area (Å²) in [6.45, 7) is 5.57. The fraction of sp³-hybridized carbons (Fsp3) is 0.462. The summed E-state index contributed by atoms with van der Waals surface area (Å²) in [6.07, 6.45) is 0.377. The number of hydrogen-bond donors (Lipinski definition) is 0. The lowest BCUT2D eigenvalue weighted by Gasteiger charge is -2.19. The number of hydrogen-bond acceptors (Lipinski definition) is 3. The SMILES string of the molecule is CC(C)(C)OC(=O)CCSc1ccc(Cl)c(Cl)c1. The van der Waals surface area contributed by atoms with E-state index in [1.54, 1.807) is 23.9 Å². The second-order valence-electron chi connectivity index (χ2n) is 4.76. The lowest BCUT2D eigenvalue weighted by molar-refractivity contribution is -0.154. The summed E-state index contributed by atoms with van der Waals surface area (Å²) in [5.41, 5.74) is -0.425. The van der Waals surface area contributed by atoms with E-state index >= 15 is 0 Å². The average Bonchev–Trinajstić information content (AvgIpc) is 2.20. The Labute approximate surface area is 122 Å². The summed E-state index contributed by atoms with van der Waals surface area (Å²) < 4.78 is 5.22. The van der Waals surface area contributed by atoms with Gasteiger partial charge in [0, 0.05) is 10.6 Å². The quantitative estimate of drug-likeness (QED) is 0.589. The van der Waals surface area contributed by atoms with Crippen molar-refractivity contribution in [3.63, 3.8) is 0 Å². The molecule has 0 unspecified atom stereocenters. The van der Waals surface area contributed by atoms with Gasteiger partial charge in [0.25, 0.3) is 0 Å². The Morgan fingerprint density at radius 1 is 1.28 bits per heavy atom. The van der Waals surface area contributed by atoms with Gasteiger partial charge in [-0.2, -0.15) is 0 Å². The predicted molar refractivity (Wildman–Crippen MR) is 77.6 cm³/mol. The van der Waals surface area contributed by atoms with Gasteiger partial charge < -0.3 is 4.74 Å². The van der Waals surface area contributed by atoms with E-state index < -0.39 is 5.60 Å². The summed E-state index contributed by atoms with van der Waals surface area (Å²) in [5, 5.41) is 1.06. The van der Waals surface area contributed by atoms with Gasteiger partial charge in [-0.05, 0) is 39.0 Å². The largest absolute Gasteiger partial charge is 0.460 e. The highest BCUT2D eigenvalue weighted by molar-refractivity contribution is 7.99. The number of rotatable bonds is 4. The van der Waals surface area contributed by atoms with Crippen LogP contribution in [0.2, 0.25) is 10.0 Å². The molecule has 0 N–H and O–H groups in total. The molecule has 0 aliphatic carbocycles. The lowest BCUT2D eigenvalue weighted by atomic mass is 10.2. The minimum Gasteiger partial charge on any atom is -0.460 e. The number of benzene rings is 1. The summed E-state index contributed by atoms with van der Waals surface area (Å²) >= 11 is 13.3. The molecule has 1 aromatic carbocycles. The van der Waals surface area contributed by atoms with Crippen molar-refractivity contribution in [2.75, 3.05) is 5.75 Å². The Balaban J connectivity index is 2.38. The van der Waals surface area contributed by atoms with Crippen molar-refractivity contribution in [1.82, 2.24) is 0 Å². The molecule has 0 radical (unpaired) electrons. The Kier molecular flexibility index (Phi) is 5.83. The van der Waals surface area contributed by atoms with Crippen LogP contribution in [-0.2, 0) is 9.53 Å². The third kappa shape index (κ3) is 5.98. The van der Waals surface area contributed by atoms with E-state index in [2.05, 4.69) is 0 Å². The van der Waals surface area contributed by atoms with Crippen molar-refractivity contribution < 1.29 is 9.53 Å². The normalized spacial score (nSPS) is 11.4. The van der Waals surface area contributed by atoms with E-state index in [1.165, 1.54) is 0 Å². The molecule has 100 valence electrons. The first-order valence-corrected chi connectivity index (χ1v) is 7.32. The molecule has 0 saturated carbocycles. The molecule has 0 spiro atoms. The van der Waals surface area contributed by atoms with Crippen LogP contribution in [0.15, 0.2) is 23.1 Å². The molecule has 1 aromatic rings. The lowest BCUT2D eigenvalue weighted by Crippen LogP contribution is -2.23. The number of carbonyl (C=O) groups excluding carboxylic acids is 1. The molecule has 0 bridgehead atoms. The number of carbonyl (C=O) groups is 1. The minimum absolute atomic E-state index is 0.185. The standard InChI is InChI=1S/C13H16Cl2O2S/c1-13(2,3)17-12(16)6-7-18-9-4-5-10(14)11(15)8-9/h4-5,8H,6-7H2,1-3H3. The van der Waals surface area contributed by atoms with Crippen LogP contribution in [0.1, 0.15) is 27.2 Å². The second kappa shape index (κ2) is 6.69. The second-order valence-corrected chi connectivity index (χ2v) is 6.74. The molecular weight excluding hydrogens is 291 g/mol. The molecule has 0 aliphatic rings. The summed E-state index contributed by atoms with van der Waals surface area (Å²) in [5.74, 6) is 0.474. The van der Waals surface area contributed by atoms with E-state index in [4.69, 9.17) is 27.9 Å². The van der Waals surface area contributed by atoms with Crippen molar-refractivity contribution in [2.45, 2.75) is 37.7 Å². The highest BCUT2D eigenvalue weighted by Crippen LogP contribution is 2.28. The maximum Gasteiger partial charge on any atom is 0.307 e. The summed E-state index contributed by atoms with van der Waals surface area (Å²) in [7, 11) is 0. The molecule has 0 fully saturated rings. The van der Waals surface area contributed by atoms with Crippen LogP contribution in [-0.4, -0.2) is 17.3 Å². The average molecular weight is 307 g/mol. The smallest absolute Gasteiger partial charge is 0.307 e. The minimum atomic E-state index is -0.425. The van der Waals surface area contributed by atoms with Crippen LogP contribution >= 0.6 is 35.0 Å². The van der Waals surface area contributed by atoms with Gasteiger partial charge in [-0.1, -0.05) is 23.2 Å². The first kappa shape index (κ1) is 15.7. The molecule has 0 amide bonds. The van der Waals surface area contributed by atoms with Crippen molar-refractivity contribution in [3.8, 4) is 0 Å². The molecule has 0 atom stereocenters. The maximum absolute atomic E-state index is 11.5. The zero-order valence-corrected chi connectivity index (χ0v) is 13.0. The van der Waals surface area contributed by atoms with Gasteiger partial charge in [0.1, 0.15) is 5.60 Å². The molecular formula is C13H16Cl2O2S. The summed E-state index contributed by atoms with van der Waals surface area (Å²) in [4.78, 5) is 12.5.